The lowest BCUT2D eigenvalue weighted by molar-refractivity contribution is 0.308. The summed E-state index contributed by atoms with van der Waals surface area (Å²) >= 11 is 0. The van der Waals surface area contributed by atoms with Crippen molar-refractivity contribution in [2.24, 2.45) is 18.9 Å². The van der Waals surface area contributed by atoms with Crippen LogP contribution in [0.2, 0.25) is 0 Å². The van der Waals surface area contributed by atoms with Gasteiger partial charge in [0, 0.05) is 63.3 Å². The Morgan fingerprint density at radius 1 is 1.12 bits per heavy atom. The van der Waals surface area contributed by atoms with Crippen LogP contribution in [0, 0.1) is 25.7 Å². The number of aryl methyl sites for hydroxylation is 2. The first-order valence-electron chi connectivity index (χ1n) is 8.92. The van der Waals surface area contributed by atoms with Crippen LogP contribution in [0.4, 0.5) is 5.82 Å². The average molecular weight is 339 g/mol. The molecule has 6 heteroatoms. The maximum atomic E-state index is 11.8. The Balaban J connectivity index is 1.41. The van der Waals surface area contributed by atoms with Crippen molar-refractivity contribution >= 4 is 5.82 Å². The molecule has 2 atom stereocenters. The van der Waals surface area contributed by atoms with Gasteiger partial charge in [-0.3, -0.25) is 9.69 Å². The van der Waals surface area contributed by atoms with Crippen LogP contribution in [-0.4, -0.2) is 45.6 Å². The highest BCUT2D eigenvalue weighted by Gasteiger charge is 2.40. The second-order valence-electron chi connectivity index (χ2n) is 7.51. The largest absolute Gasteiger partial charge is 0.356 e. The summed E-state index contributed by atoms with van der Waals surface area (Å²) in [6.07, 6.45) is 3.53. The van der Waals surface area contributed by atoms with E-state index in [0.717, 1.165) is 49.8 Å². The van der Waals surface area contributed by atoms with Gasteiger partial charge in [0.1, 0.15) is 12.1 Å². The molecule has 0 aromatic carbocycles. The maximum Gasteiger partial charge on any atom is 0.250 e. The highest BCUT2D eigenvalue weighted by Crippen LogP contribution is 2.34. The van der Waals surface area contributed by atoms with Gasteiger partial charge in [0.05, 0.1) is 0 Å². The molecule has 0 radical (unpaired) electrons. The van der Waals surface area contributed by atoms with Gasteiger partial charge in [-0.25, -0.2) is 9.97 Å². The van der Waals surface area contributed by atoms with E-state index in [1.165, 1.54) is 5.56 Å². The standard InChI is InChI=1S/C19H25N5O/c1-13-14(2)20-12-21-19(13)24-10-16-8-23(9-17(16)11-24)7-15-4-5-22(3)18(25)6-15/h4-6,12,16-17H,7-11H2,1-3H3. The van der Waals surface area contributed by atoms with Crippen LogP contribution in [0.1, 0.15) is 16.8 Å². The van der Waals surface area contributed by atoms with Crippen molar-refractivity contribution in [1.82, 2.24) is 19.4 Å². The van der Waals surface area contributed by atoms with E-state index in [1.807, 2.05) is 13.1 Å². The summed E-state index contributed by atoms with van der Waals surface area (Å²) in [4.78, 5) is 25.5. The Kier molecular flexibility index (Phi) is 4.07. The molecule has 0 N–H and O–H groups in total. The van der Waals surface area contributed by atoms with E-state index in [1.54, 1.807) is 24.0 Å². The zero-order chi connectivity index (χ0) is 17.6. The minimum Gasteiger partial charge on any atom is -0.356 e. The van der Waals surface area contributed by atoms with Crippen molar-refractivity contribution in [2.75, 3.05) is 31.1 Å². The predicted octanol–water partition coefficient (Wildman–Crippen LogP) is 1.36. The Labute approximate surface area is 148 Å². The molecule has 2 aliphatic rings. The van der Waals surface area contributed by atoms with E-state index in [4.69, 9.17) is 0 Å². The minimum absolute atomic E-state index is 0.0673. The molecule has 2 aliphatic heterocycles. The summed E-state index contributed by atoms with van der Waals surface area (Å²) in [5.74, 6) is 2.46. The van der Waals surface area contributed by atoms with Gasteiger partial charge in [-0.05, 0) is 37.3 Å². The molecule has 0 bridgehead atoms. The molecule has 6 nitrogen and oxygen atoms in total. The molecule has 2 aromatic rings. The summed E-state index contributed by atoms with van der Waals surface area (Å²) in [5, 5.41) is 0. The summed E-state index contributed by atoms with van der Waals surface area (Å²) in [6, 6.07) is 3.81. The summed E-state index contributed by atoms with van der Waals surface area (Å²) < 4.78 is 1.62. The normalized spacial score (nSPS) is 23.2. The molecule has 4 rings (SSSR count). The third-order valence-electron chi connectivity index (χ3n) is 5.75. The number of rotatable bonds is 3. The number of hydrogen-bond acceptors (Lipinski definition) is 5. The fourth-order valence-corrected chi connectivity index (χ4v) is 4.18. The van der Waals surface area contributed by atoms with Crippen LogP contribution in [0.25, 0.3) is 0 Å². The third kappa shape index (κ3) is 3.06. The molecule has 0 saturated carbocycles. The molecule has 25 heavy (non-hydrogen) atoms. The molecular weight excluding hydrogens is 314 g/mol. The van der Waals surface area contributed by atoms with Gasteiger partial charge >= 0.3 is 0 Å². The SMILES string of the molecule is Cc1ncnc(N2CC3CN(Cc4ccn(C)c(=O)c4)CC3C2)c1C. The fourth-order valence-electron chi connectivity index (χ4n) is 4.18. The van der Waals surface area contributed by atoms with Crippen LogP contribution >= 0.6 is 0 Å². The zero-order valence-corrected chi connectivity index (χ0v) is 15.1. The second-order valence-corrected chi connectivity index (χ2v) is 7.51. The Hall–Kier alpha value is -2.21. The van der Waals surface area contributed by atoms with Crippen molar-refractivity contribution in [1.29, 1.82) is 0 Å². The lowest BCUT2D eigenvalue weighted by Crippen LogP contribution is -2.30. The Morgan fingerprint density at radius 3 is 2.52 bits per heavy atom. The van der Waals surface area contributed by atoms with E-state index in [-0.39, 0.29) is 5.56 Å². The topological polar surface area (TPSA) is 54.3 Å². The van der Waals surface area contributed by atoms with Gasteiger partial charge in [-0.1, -0.05) is 0 Å². The highest BCUT2D eigenvalue weighted by molar-refractivity contribution is 5.48. The number of hydrogen-bond donors (Lipinski definition) is 0. The fraction of sp³-hybridized carbons (Fsp3) is 0.526. The Bertz CT molecular complexity index is 832. The van der Waals surface area contributed by atoms with Crippen LogP contribution in [0.15, 0.2) is 29.5 Å². The molecule has 132 valence electrons. The van der Waals surface area contributed by atoms with Crippen molar-refractivity contribution in [2.45, 2.75) is 20.4 Å². The number of nitrogens with zero attached hydrogens (tertiary/aromatic N) is 5. The summed E-state index contributed by atoms with van der Waals surface area (Å²) in [7, 11) is 1.79. The van der Waals surface area contributed by atoms with Gasteiger partial charge in [0.25, 0.3) is 5.56 Å². The van der Waals surface area contributed by atoms with Crippen molar-refractivity contribution < 1.29 is 0 Å². The number of pyridine rings is 1. The number of likely N-dealkylation sites (tertiary alicyclic amines) is 1. The monoisotopic (exact) mass is 339 g/mol. The minimum atomic E-state index is 0.0673. The molecule has 2 unspecified atom stereocenters. The average Bonchev–Trinajstić information content (AvgIpc) is 3.12. The molecule has 4 heterocycles. The van der Waals surface area contributed by atoms with E-state index < -0.39 is 0 Å². The Morgan fingerprint density at radius 2 is 1.84 bits per heavy atom. The summed E-state index contributed by atoms with van der Waals surface area (Å²) in [5.41, 5.74) is 3.44. The maximum absolute atomic E-state index is 11.8. The smallest absolute Gasteiger partial charge is 0.250 e. The third-order valence-corrected chi connectivity index (χ3v) is 5.75. The zero-order valence-electron chi connectivity index (χ0n) is 15.1. The molecule has 2 saturated heterocycles. The lowest BCUT2D eigenvalue weighted by atomic mass is 10.0. The predicted molar refractivity (Wildman–Crippen MR) is 97.7 cm³/mol. The molecule has 0 aliphatic carbocycles. The molecule has 0 spiro atoms. The molecule has 2 aromatic heterocycles. The molecule has 2 fully saturated rings. The van der Waals surface area contributed by atoms with Crippen molar-refractivity contribution in [3.63, 3.8) is 0 Å². The molecular formula is C19H25N5O. The highest BCUT2D eigenvalue weighted by atomic mass is 16.1. The quantitative estimate of drug-likeness (QED) is 0.845. The van der Waals surface area contributed by atoms with E-state index in [0.29, 0.717) is 11.8 Å². The molecule has 0 amide bonds. The lowest BCUT2D eigenvalue weighted by Gasteiger charge is -2.23. The van der Waals surface area contributed by atoms with Gasteiger partial charge < -0.3 is 9.47 Å². The number of fused-ring (bicyclic) bond motifs is 1. The second kappa shape index (κ2) is 6.26. The van der Waals surface area contributed by atoms with E-state index >= 15 is 0 Å². The van der Waals surface area contributed by atoms with Gasteiger partial charge in [-0.15, -0.1) is 0 Å². The number of aromatic nitrogens is 3. The van der Waals surface area contributed by atoms with Crippen LogP contribution in [-0.2, 0) is 13.6 Å². The van der Waals surface area contributed by atoms with Crippen molar-refractivity contribution in [3.05, 3.63) is 51.8 Å². The van der Waals surface area contributed by atoms with E-state index in [9.17, 15) is 4.79 Å². The first kappa shape index (κ1) is 16.3. The van der Waals surface area contributed by atoms with Crippen molar-refractivity contribution in [3.8, 4) is 0 Å². The first-order chi connectivity index (χ1) is 12.0. The van der Waals surface area contributed by atoms with Gasteiger partial charge in [0.15, 0.2) is 0 Å². The number of anilines is 1. The van der Waals surface area contributed by atoms with Gasteiger partial charge in [0.2, 0.25) is 0 Å². The van der Waals surface area contributed by atoms with Crippen LogP contribution < -0.4 is 10.5 Å². The van der Waals surface area contributed by atoms with Gasteiger partial charge in [-0.2, -0.15) is 0 Å². The van der Waals surface area contributed by atoms with Crippen LogP contribution in [0.5, 0.6) is 0 Å². The summed E-state index contributed by atoms with van der Waals surface area (Å²) in [6.45, 7) is 9.35. The van der Waals surface area contributed by atoms with Crippen LogP contribution in [0.3, 0.4) is 0 Å². The van der Waals surface area contributed by atoms with E-state index in [2.05, 4.69) is 32.8 Å². The first-order valence-corrected chi connectivity index (χ1v) is 8.92.